The fourth-order valence-corrected chi connectivity index (χ4v) is 3.66. The molecule has 0 radical (unpaired) electrons. The number of imide groups is 1. The fraction of sp³-hybridized carbons (Fsp3) is 0.150. The van der Waals surface area contributed by atoms with E-state index in [9.17, 15) is 24.5 Å². The summed E-state index contributed by atoms with van der Waals surface area (Å²) in [4.78, 5) is 47.5. The molecule has 0 atom stereocenters. The highest BCUT2D eigenvalue weighted by Gasteiger charge is 2.28. The van der Waals surface area contributed by atoms with Crippen LogP contribution in [0, 0.1) is 10.1 Å². The van der Waals surface area contributed by atoms with E-state index in [1.807, 2.05) is 0 Å². The van der Waals surface area contributed by atoms with Crippen molar-refractivity contribution >= 4 is 40.6 Å². The van der Waals surface area contributed by atoms with Crippen LogP contribution in [0.5, 0.6) is 11.5 Å². The average Bonchev–Trinajstić information content (AvgIpc) is 3.07. The summed E-state index contributed by atoms with van der Waals surface area (Å²) in [7, 11) is 0. The lowest BCUT2D eigenvalue weighted by Gasteiger charge is -2.28. The molecule has 11 heteroatoms. The maximum atomic E-state index is 12.6. The molecule has 0 spiro atoms. The average molecular weight is 441 g/mol. The van der Waals surface area contributed by atoms with Crippen LogP contribution in [0.1, 0.15) is 15.9 Å². The Bertz CT molecular complexity index is 1110. The maximum absolute atomic E-state index is 12.6. The number of rotatable bonds is 6. The van der Waals surface area contributed by atoms with Crippen molar-refractivity contribution in [3.8, 4) is 11.5 Å². The minimum absolute atomic E-state index is 0.0258. The summed E-state index contributed by atoms with van der Waals surface area (Å²) in [5.74, 6) is 0.0875. The van der Waals surface area contributed by atoms with Gasteiger partial charge in [0, 0.05) is 12.1 Å². The third-order valence-electron chi connectivity index (χ3n) is 4.52. The van der Waals surface area contributed by atoms with Gasteiger partial charge in [-0.2, -0.15) is 0 Å². The molecule has 1 fully saturated rings. The van der Waals surface area contributed by atoms with Gasteiger partial charge >= 0.3 is 0 Å². The number of benzene rings is 2. The number of amides is 3. The van der Waals surface area contributed by atoms with Gasteiger partial charge in [-0.15, -0.1) is 0 Å². The summed E-state index contributed by atoms with van der Waals surface area (Å²) in [6.07, 6.45) is 1.61. The van der Waals surface area contributed by atoms with Gasteiger partial charge in [-0.1, -0.05) is 12.1 Å². The largest absolute Gasteiger partial charge is 0.492 e. The van der Waals surface area contributed by atoms with Gasteiger partial charge < -0.3 is 14.4 Å². The van der Waals surface area contributed by atoms with Gasteiger partial charge in [0.15, 0.2) is 6.73 Å². The van der Waals surface area contributed by atoms with Gasteiger partial charge in [0.05, 0.1) is 21.9 Å². The Hall–Kier alpha value is -3.86. The first-order valence-electron chi connectivity index (χ1n) is 9.09. The lowest BCUT2D eigenvalue weighted by Crippen LogP contribution is -2.41. The van der Waals surface area contributed by atoms with Crippen LogP contribution in [0.3, 0.4) is 0 Å². The topological polar surface area (TPSA) is 128 Å². The van der Waals surface area contributed by atoms with Gasteiger partial charge in [-0.3, -0.25) is 29.8 Å². The molecule has 31 heavy (non-hydrogen) atoms. The molecular weight excluding hydrogens is 426 g/mol. The van der Waals surface area contributed by atoms with E-state index in [-0.39, 0.29) is 37.0 Å². The maximum Gasteiger partial charge on any atom is 0.290 e. The molecule has 2 aliphatic rings. The second-order valence-corrected chi connectivity index (χ2v) is 7.56. The third-order valence-corrected chi connectivity index (χ3v) is 5.33. The number of nitro groups is 1. The molecule has 0 aliphatic carbocycles. The predicted molar refractivity (Wildman–Crippen MR) is 111 cm³/mol. The Labute approximate surface area is 180 Å². The first kappa shape index (κ1) is 20.4. The predicted octanol–water partition coefficient (Wildman–Crippen LogP) is 2.79. The Balaban J connectivity index is 1.33. The molecular formula is C20H15N3O7S. The number of nitrogens with zero attached hydrogens (tertiary/aromatic N) is 2. The van der Waals surface area contributed by atoms with Crippen molar-refractivity contribution in [1.29, 1.82) is 0 Å². The number of ether oxygens (including phenoxy) is 2. The van der Waals surface area contributed by atoms with E-state index in [1.54, 1.807) is 30.3 Å². The molecule has 4 rings (SSSR count). The van der Waals surface area contributed by atoms with Crippen molar-refractivity contribution in [3.05, 3.63) is 68.6 Å². The molecule has 2 aromatic rings. The minimum atomic E-state index is -0.565. The first-order valence-corrected chi connectivity index (χ1v) is 9.90. The number of nitro benzene ring substituents is 1. The number of thioether (sulfide) groups is 1. The Kier molecular flexibility index (Phi) is 5.58. The van der Waals surface area contributed by atoms with Crippen LogP contribution in [0.2, 0.25) is 0 Å². The van der Waals surface area contributed by atoms with E-state index < -0.39 is 16.1 Å². The van der Waals surface area contributed by atoms with Crippen molar-refractivity contribution in [3.63, 3.8) is 0 Å². The summed E-state index contributed by atoms with van der Waals surface area (Å²) in [5.41, 5.74) is 0.698. The van der Waals surface area contributed by atoms with Crippen LogP contribution in [-0.4, -0.2) is 46.8 Å². The molecule has 0 aromatic heterocycles. The number of hydrogen-bond acceptors (Lipinski definition) is 8. The highest BCUT2D eigenvalue weighted by molar-refractivity contribution is 8.18. The smallest absolute Gasteiger partial charge is 0.290 e. The number of hydrogen-bond donors (Lipinski definition) is 1. The first-order chi connectivity index (χ1) is 14.9. The van der Waals surface area contributed by atoms with Gasteiger partial charge in [-0.25, -0.2) is 0 Å². The molecule has 3 amide bonds. The third kappa shape index (κ3) is 4.51. The van der Waals surface area contributed by atoms with Crippen LogP contribution >= 0.6 is 11.8 Å². The standard InChI is InChI=1S/C20H15N3O7S/c24-18-17(31-20(26)21-18)9-12-1-4-14(5-2-12)29-8-7-22-11-30-16-6-3-13(23(27)28)10-15(16)19(22)25/h1-6,9-10H,7-8,11H2,(H,21,24,26)/b17-9-. The van der Waals surface area contributed by atoms with E-state index in [2.05, 4.69) is 5.32 Å². The zero-order valence-electron chi connectivity index (χ0n) is 15.9. The van der Waals surface area contributed by atoms with Crippen molar-refractivity contribution in [2.24, 2.45) is 0 Å². The Morgan fingerprint density at radius 1 is 1.19 bits per heavy atom. The van der Waals surface area contributed by atoms with Crippen LogP contribution in [0.4, 0.5) is 10.5 Å². The second kappa shape index (κ2) is 8.48. The Morgan fingerprint density at radius 3 is 2.65 bits per heavy atom. The lowest BCUT2D eigenvalue weighted by molar-refractivity contribution is -0.384. The lowest BCUT2D eigenvalue weighted by atomic mass is 10.1. The second-order valence-electron chi connectivity index (χ2n) is 6.55. The number of non-ortho nitro benzene ring substituents is 1. The highest BCUT2D eigenvalue weighted by atomic mass is 32.2. The normalized spacial score (nSPS) is 16.7. The summed E-state index contributed by atoms with van der Waals surface area (Å²) in [6, 6.07) is 10.8. The molecule has 0 unspecified atom stereocenters. The molecule has 2 aliphatic heterocycles. The quantitative estimate of drug-likeness (QED) is 0.412. The monoisotopic (exact) mass is 441 g/mol. The van der Waals surface area contributed by atoms with Gasteiger partial charge in [-0.05, 0) is 41.6 Å². The molecule has 1 saturated heterocycles. The van der Waals surface area contributed by atoms with Gasteiger partial charge in [0.2, 0.25) is 0 Å². The van der Waals surface area contributed by atoms with E-state index in [1.165, 1.54) is 23.1 Å². The number of nitrogens with one attached hydrogen (secondary N) is 1. The Morgan fingerprint density at radius 2 is 1.97 bits per heavy atom. The van der Waals surface area contributed by atoms with Crippen LogP contribution in [0.25, 0.3) is 6.08 Å². The summed E-state index contributed by atoms with van der Waals surface area (Å²) in [6.45, 7) is 0.441. The van der Waals surface area contributed by atoms with Crippen LogP contribution in [0.15, 0.2) is 47.4 Å². The molecule has 158 valence electrons. The van der Waals surface area contributed by atoms with E-state index in [0.29, 0.717) is 16.4 Å². The molecule has 0 bridgehead atoms. The zero-order chi connectivity index (χ0) is 22.0. The van der Waals surface area contributed by atoms with Crippen LogP contribution < -0.4 is 14.8 Å². The number of fused-ring (bicyclic) bond motifs is 1. The number of carbonyl (C=O) groups excluding carboxylic acids is 3. The van der Waals surface area contributed by atoms with Gasteiger partial charge in [0.1, 0.15) is 18.1 Å². The summed E-state index contributed by atoms with van der Waals surface area (Å²) in [5, 5.41) is 12.7. The van der Waals surface area contributed by atoms with Crippen LogP contribution in [-0.2, 0) is 4.79 Å². The molecule has 10 nitrogen and oxygen atoms in total. The van der Waals surface area contributed by atoms with Crippen molar-refractivity contribution in [2.75, 3.05) is 19.9 Å². The minimum Gasteiger partial charge on any atom is -0.492 e. The highest BCUT2D eigenvalue weighted by Crippen LogP contribution is 2.29. The molecule has 2 heterocycles. The van der Waals surface area contributed by atoms with Crippen molar-refractivity contribution in [1.82, 2.24) is 10.2 Å². The van der Waals surface area contributed by atoms with E-state index in [0.717, 1.165) is 17.3 Å². The SMILES string of the molecule is O=C1NC(=O)/C(=C/c2ccc(OCCN3COc4ccc([N+](=O)[O-])cc4C3=O)cc2)S1. The molecule has 1 N–H and O–H groups in total. The van der Waals surface area contributed by atoms with Gasteiger partial charge in [0.25, 0.3) is 22.7 Å². The van der Waals surface area contributed by atoms with Crippen molar-refractivity contribution in [2.45, 2.75) is 0 Å². The summed E-state index contributed by atoms with van der Waals surface area (Å²) >= 11 is 0.844. The van der Waals surface area contributed by atoms with E-state index >= 15 is 0 Å². The van der Waals surface area contributed by atoms with Crippen molar-refractivity contribution < 1.29 is 28.8 Å². The summed E-state index contributed by atoms with van der Waals surface area (Å²) < 4.78 is 11.2. The number of carbonyl (C=O) groups is 3. The zero-order valence-corrected chi connectivity index (χ0v) is 16.7. The molecule has 2 aromatic carbocycles. The molecule has 0 saturated carbocycles. The fourth-order valence-electron chi connectivity index (χ4n) is 2.97. The van der Waals surface area contributed by atoms with E-state index in [4.69, 9.17) is 9.47 Å².